The van der Waals surface area contributed by atoms with Gasteiger partial charge in [-0.15, -0.1) is 0 Å². The molecule has 9 nitrogen and oxygen atoms in total. The summed E-state index contributed by atoms with van der Waals surface area (Å²) < 4.78 is 1.43. The first-order valence-electron chi connectivity index (χ1n) is 8.21. The predicted molar refractivity (Wildman–Crippen MR) is 91.1 cm³/mol. The predicted octanol–water partition coefficient (Wildman–Crippen LogP) is 2.11. The third-order valence-corrected chi connectivity index (χ3v) is 4.54. The second-order valence-electron chi connectivity index (χ2n) is 6.40. The van der Waals surface area contributed by atoms with E-state index in [4.69, 9.17) is 0 Å². The van der Waals surface area contributed by atoms with E-state index >= 15 is 0 Å². The number of benzene rings is 1. The van der Waals surface area contributed by atoms with Gasteiger partial charge in [-0.1, -0.05) is 6.92 Å². The monoisotopic (exact) mass is 358 g/mol. The number of piperidine rings is 1. The molecule has 26 heavy (non-hydrogen) atoms. The molecule has 1 aliphatic heterocycles. The maximum atomic E-state index is 12.7. The zero-order valence-corrected chi connectivity index (χ0v) is 14.1. The number of nitrogens with zero attached hydrogens (tertiary/aromatic N) is 4. The lowest BCUT2D eigenvalue weighted by Gasteiger charge is -2.35. The molecule has 2 atom stereocenters. The molecule has 1 amide bonds. The Kier molecular flexibility index (Phi) is 4.70. The molecule has 0 spiro atoms. The Morgan fingerprint density at radius 2 is 1.96 bits per heavy atom. The Morgan fingerprint density at radius 1 is 1.27 bits per heavy atom. The molecule has 0 radical (unpaired) electrons. The number of carboxylic acids is 1. The zero-order chi connectivity index (χ0) is 18.8. The highest BCUT2D eigenvalue weighted by atomic mass is 16.6. The summed E-state index contributed by atoms with van der Waals surface area (Å²) in [5.41, 5.74) is 0.671. The van der Waals surface area contributed by atoms with E-state index in [0.29, 0.717) is 18.7 Å². The van der Waals surface area contributed by atoms with Gasteiger partial charge in [0.05, 0.1) is 10.6 Å². The fourth-order valence-corrected chi connectivity index (χ4v) is 3.07. The number of carbonyl (C=O) groups excluding carboxylic acids is 1. The van der Waals surface area contributed by atoms with E-state index in [0.717, 1.165) is 6.42 Å². The first kappa shape index (κ1) is 17.6. The lowest BCUT2D eigenvalue weighted by molar-refractivity contribution is -0.384. The molecule has 1 aliphatic rings. The molecule has 2 aromatic rings. The van der Waals surface area contributed by atoms with Crippen molar-refractivity contribution in [2.45, 2.75) is 25.8 Å². The number of aliphatic carboxylic acids is 1. The molecule has 2 unspecified atom stereocenters. The minimum atomic E-state index is -1.01. The van der Waals surface area contributed by atoms with Gasteiger partial charge in [-0.3, -0.25) is 14.9 Å². The highest BCUT2D eigenvalue weighted by Crippen LogP contribution is 2.24. The van der Waals surface area contributed by atoms with Crippen molar-refractivity contribution in [2.75, 3.05) is 6.54 Å². The van der Waals surface area contributed by atoms with Crippen LogP contribution in [0.4, 0.5) is 5.69 Å². The zero-order valence-electron chi connectivity index (χ0n) is 14.1. The first-order valence-corrected chi connectivity index (χ1v) is 8.21. The van der Waals surface area contributed by atoms with Crippen LogP contribution in [-0.2, 0) is 4.79 Å². The summed E-state index contributed by atoms with van der Waals surface area (Å²) >= 11 is 0. The number of rotatable bonds is 4. The number of nitro benzene ring substituents is 1. The highest BCUT2D eigenvalue weighted by Gasteiger charge is 2.35. The molecular weight excluding hydrogens is 340 g/mol. The molecule has 1 saturated heterocycles. The normalized spacial score (nSPS) is 20.0. The third kappa shape index (κ3) is 3.41. The Morgan fingerprint density at radius 3 is 2.58 bits per heavy atom. The lowest BCUT2D eigenvalue weighted by atomic mass is 9.92. The van der Waals surface area contributed by atoms with Crippen LogP contribution in [0.25, 0.3) is 5.69 Å². The second kappa shape index (κ2) is 6.95. The third-order valence-electron chi connectivity index (χ3n) is 4.54. The fraction of sp³-hybridized carbons (Fsp3) is 0.353. The molecule has 1 aromatic carbocycles. The van der Waals surface area contributed by atoms with Gasteiger partial charge in [-0.25, -0.2) is 9.48 Å². The van der Waals surface area contributed by atoms with Crippen LogP contribution in [0, 0.1) is 16.0 Å². The molecule has 0 saturated carbocycles. The van der Waals surface area contributed by atoms with Gasteiger partial charge in [0.2, 0.25) is 0 Å². The van der Waals surface area contributed by atoms with Gasteiger partial charge in [0.1, 0.15) is 6.04 Å². The summed E-state index contributed by atoms with van der Waals surface area (Å²) in [4.78, 5) is 35.8. The van der Waals surface area contributed by atoms with Crippen LogP contribution in [0.15, 0.2) is 36.5 Å². The van der Waals surface area contributed by atoms with E-state index in [1.807, 2.05) is 6.92 Å². The van der Waals surface area contributed by atoms with E-state index in [9.17, 15) is 24.8 Å². The van der Waals surface area contributed by atoms with Crippen LogP contribution in [0.5, 0.6) is 0 Å². The second-order valence-corrected chi connectivity index (χ2v) is 6.40. The Hall–Kier alpha value is -3.23. The van der Waals surface area contributed by atoms with Crippen molar-refractivity contribution in [3.05, 3.63) is 52.3 Å². The van der Waals surface area contributed by atoms with Gasteiger partial charge in [0, 0.05) is 24.9 Å². The Balaban J connectivity index is 1.81. The fourth-order valence-electron chi connectivity index (χ4n) is 3.07. The standard InChI is InChI=1S/C17H18N4O5/c1-11-6-8-19(15(10-11)17(23)24)16(22)14-7-9-20(18-14)12-2-4-13(5-3-12)21(25)26/h2-5,7,9,11,15H,6,8,10H2,1H3,(H,23,24). The van der Waals surface area contributed by atoms with Gasteiger partial charge >= 0.3 is 5.97 Å². The van der Waals surface area contributed by atoms with E-state index in [-0.39, 0.29) is 17.3 Å². The van der Waals surface area contributed by atoms with E-state index in [1.54, 1.807) is 6.20 Å². The van der Waals surface area contributed by atoms with Crippen molar-refractivity contribution in [2.24, 2.45) is 5.92 Å². The summed E-state index contributed by atoms with van der Waals surface area (Å²) in [6.45, 7) is 2.35. The summed E-state index contributed by atoms with van der Waals surface area (Å²) in [5.74, 6) is -1.19. The van der Waals surface area contributed by atoms with Gasteiger partial charge in [-0.2, -0.15) is 5.10 Å². The largest absolute Gasteiger partial charge is 0.480 e. The van der Waals surface area contributed by atoms with Gasteiger partial charge in [0.15, 0.2) is 5.69 Å². The van der Waals surface area contributed by atoms with Crippen molar-refractivity contribution in [1.82, 2.24) is 14.7 Å². The SMILES string of the molecule is CC1CCN(C(=O)c2ccn(-c3ccc([N+](=O)[O-])cc3)n2)C(C(=O)O)C1. The Labute approximate surface area is 149 Å². The summed E-state index contributed by atoms with van der Waals surface area (Å²) in [6, 6.07) is 6.43. The molecule has 2 heterocycles. The summed E-state index contributed by atoms with van der Waals surface area (Å²) in [5, 5.41) is 24.3. The van der Waals surface area contributed by atoms with Crippen molar-refractivity contribution in [3.8, 4) is 5.69 Å². The van der Waals surface area contributed by atoms with Gasteiger partial charge in [-0.05, 0) is 37.0 Å². The number of amides is 1. The molecular formula is C17H18N4O5. The average molecular weight is 358 g/mol. The number of carboxylic acid groups (broad SMARTS) is 1. The van der Waals surface area contributed by atoms with Crippen molar-refractivity contribution >= 4 is 17.6 Å². The highest BCUT2D eigenvalue weighted by molar-refractivity contribution is 5.95. The lowest BCUT2D eigenvalue weighted by Crippen LogP contribution is -2.49. The summed E-state index contributed by atoms with van der Waals surface area (Å²) in [6.07, 6.45) is 2.74. The number of hydrogen-bond acceptors (Lipinski definition) is 5. The van der Waals surface area contributed by atoms with E-state index in [2.05, 4.69) is 5.10 Å². The van der Waals surface area contributed by atoms with Crippen LogP contribution in [0.2, 0.25) is 0 Å². The van der Waals surface area contributed by atoms with Crippen LogP contribution in [0.1, 0.15) is 30.3 Å². The van der Waals surface area contributed by atoms with E-state index < -0.39 is 22.8 Å². The van der Waals surface area contributed by atoms with Crippen molar-refractivity contribution in [3.63, 3.8) is 0 Å². The molecule has 0 bridgehead atoms. The van der Waals surface area contributed by atoms with Crippen LogP contribution in [-0.4, -0.2) is 49.2 Å². The Bertz CT molecular complexity index is 845. The van der Waals surface area contributed by atoms with Gasteiger partial charge < -0.3 is 10.0 Å². The summed E-state index contributed by atoms with van der Waals surface area (Å²) in [7, 11) is 0. The smallest absolute Gasteiger partial charge is 0.326 e. The van der Waals surface area contributed by atoms with Crippen LogP contribution < -0.4 is 0 Å². The van der Waals surface area contributed by atoms with Gasteiger partial charge in [0.25, 0.3) is 11.6 Å². The molecule has 1 aromatic heterocycles. The molecule has 9 heteroatoms. The number of hydrogen-bond donors (Lipinski definition) is 1. The van der Waals surface area contributed by atoms with Crippen LogP contribution >= 0.6 is 0 Å². The topological polar surface area (TPSA) is 119 Å². The minimum absolute atomic E-state index is 0.0380. The van der Waals surface area contributed by atoms with Crippen molar-refractivity contribution < 1.29 is 19.6 Å². The molecule has 0 aliphatic carbocycles. The molecule has 1 N–H and O–H groups in total. The number of carbonyl (C=O) groups is 2. The maximum absolute atomic E-state index is 12.7. The molecule has 136 valence electrons. The number of non-ortho nitro benzene ring substituents is 1. The van der Waals surface area contributed by atoms with E-state index in [1.165, 1.54) is 39.9 Å². The minimum Gasteiger partial charge on any atom is -0.480 e. The average Bonchev–Trinajstić information content (AvgIpc) is 3.11. The molecule has 3 rings (SSSR count). The first-order chi connectivity index (χ1) is 12.4. The van der Waals surface area contributed by atoms with Crippen molar-refractivity contribution in [1.29, 1.82) is 0 Å². The molecule has 1 fully saturated rings. The number of aromatic nitrogens is 2. The number of likely N-dealkylation sites (tertiary alicyclic amines) is 1. The number of nitro groups is 1. The van der Waals surface area contributed by atoms with Crippen LogP contribution in [0.3, 0.4) is 0 Å². The maximum Gasteiger partial charge on any atom is 0.326 e. The quantitative estimate of drug-likeness (QED) is 0.660.